The molecule has 1 N–H and O–H groups in total. The molecule has 3 aliphatic rings. The highest BCUT2D eigenvalue weighted by molar-refractivity contribution is 6.05. The molecule has 0 spiro atoms. The van der Waals surface area contributed by atoms with Crippen molar-refractivity contribution >= 4 is 11.8 Å². The number of ketones is 1. The number of nitrogens with one attached hydrogen (secondary N) is 1. The predicted molar refractivity (Wildman–Crippen MR) is 90.5 cm³/mol. The summed E-state index contributed by atoms with van der Waals surface area (Å²) in [5, 5.41) is 2.91. The van der Waals surface area contributed by atoms with Crippen molar-refractivity contribution in [3.8, 4) is 0 Å². The van der Waals surface area contributed by atoms with Crippen LogP contribution in [-0.4, -0.2) is 25.5 Å². The summed E-state index contributed by atoms with van der Waals surface area (Å²) in [5.41, 5.74) is 2.34. The molecule has 4 rings (SSSR count). The van der Waals surface area contributed by atoms with Crippen LogP contribution in [0.2, 0.25) is 0 Å². The van der Waals surface area contributed by atoms with E-state index in [1.807, 2.05) is 0 Å². The molecule has 1 aliphatic heterocycles. The largest absolute Gasteiger partial charge is 0.466 e. The third-order valence-electron chi connectivity index (χ3n) is 5.35. The van der Waals surface area contributed by atoms with E-state index in [9.17, 15) is 18.4 Å². The van der Waals surface area contributed by atoms with E-state index < -0.39 is 18.6 Å². The third-order valence-corrected chi connectivity index (χ3v) is 5.35. The van der Waals surface area contributed by atoms with Crippen LogP contribution in [-0.2, 0) is 14.3 Å². The third kappa shape index (κ3) is 2.55. The molecule has 1 fully saturated rings. The summed E-state index contributed by atoms with van der Waals surface area (Å²) in [4.78, 5) is 25.0. The van der Waals surface area contributed by atoms with E-state index in [0.29, 0.717) is 35.2 Å². The zero-order valence-corrected chi connectivity index (χ0v) is 14.4. The van der Waals surface area contributed by atoms with Gasteiger partial charge in [0.1, 0.15) is 12.5 Å². The number of Topliss-reactive ketones (excluding diaryl/α,β-unsaturated/α-hetero) is 1. The normalized spacial score (nSPS) is 22.4. The summed E-state index contributed by atoms with van der Waals surface area (Å²) in [6, 6.07) is 4.70. The molecule has 6 heteroatoms. The molecular weight excluding hydrogens is 340 g/mol. The fourth-order valence-electron chi connectivity index (χ4n) is 4.08. The molecule has 1 heterocycles. The van der Waals surface area contributed by atoms with Gasteiger partial charge in [-0.1, -0.05) is 12.1 Å². The Morgan fingerprint density at radius 3 is 2.73 bits per heavy atom. The number of hydrogen-bond acceptors (Lipinski definition) is 4. The van der Waals surface area contributed by atoms with Crippen LogP contribution in [0.25, 0.3) is 0 Å². The molecule has 0 aromatic heterocycles. The lowest BCUT2D eigenvalue weighted by Gasteiger charge is -2.30. The number of benzene rings is 1. The van der Waals surface area contributed by atoms with Crippen LogP contribution in [0.4, 0.5) is 8.78 Å². The van der Waals surface area contributed by atoms with E-state index in [0.717, 1.165) is 12.8 Å². The fraction of sp³-hybridized carbons (Fsp3) is 0.400. The molecule has 1 atom stereocenters. The number of esters is 1. The van der Waals surface area contributed by atoms with E-state index in [1.165, 1.54) is 13.2 Å². The average Bonchev–Trinajstić information content (AvgIpc) is 3.42. The predicted octanol–water partition coefficient (Wildman–Crippen LogP) is 3.40. The summed E-state index contributed by atoms with van der Waals surface area (Å²) in [6.45, 7) is -0.889. The number of carbonyl (C=O) groups is 2. The van der Waals surface area contributed by atoms with Crippen LogP contribution < -0.4 is 5.32 Å². The second-order valence-electron chi connectivity index (χ2n) is 6.91. The Balaban J connectivity index is 1.96. The second kappa shape index (κ2) is 6.34. The van der Waals surface area contributed by atoms with Crippen molar-refractivity contribution in [2.24, 2.45) is 0 Å². The maximum absolute atomic E-state index is 14.6. The molecule has 1 aromatic carbocycles. The number of alkyl halides is 1. The number of hydrogen-bond donors (Lipinski definition) is 1. The van der Waals surface area contributed by atoms with Gasteiger partial charge in [-0.05, 0) is 42.4 Å². The highest BCUT2D eigenvalue weighted by Gasteiger charge is 2.43. The van der Waals surface area contributed by atoms with Crippen molar-refractivity contribution in [2.45, 2.75) is 37.5 Å². The van der Waals surface area contributed by atoms with Gasteiger partial charge in [-0.25, -0.2) is 13.6 Å². The van der Waals surface area contributed by atoms with Crippen LogP contribution in [0.1, 0.15) is 48.6 Å². The minimum atomic E-state index is -0.889. The standard InChI is InChI=1S/C20H19F2NO3/c1-26-20(25)19-14(9-21)23-13-7-8-15(24)18(13)17(19)11-3-2-4-12(22)16(11)10-5-6-10/h2-4,10,17,23H,5-9H2,1H3/t17-/m1/s1. The Morgan fingerprint density at radius 1 is 1.31 bits per heavy atom. The van der Waals surface area contributed by atoms with Crippen LogP contribution in [0.15, 0.2) is 40.7 Å². The maximum atomic E-state index is 14.6. The quantitative estimate of drug-likeness (QED) is 0.837. The highest BCUT2D eigenvalue weighted by atomic mass is 19.1. The molecule has 136 valence electrons. The molecule has 0 bridgehead atoms. The smallest absolute Gasteiger partial charge is 0.336 e. The van der Waals surface area contributed by atoms with Crippen molar-refractivity contribution in [1.82, 2.24) is 5.32 Å². The van der Waals surface area contributed by atoms with Gasteiger partial charge in [0.2, 0.25) is 0 Å². The summed E-state index contributed by atoms with van der Waals surface area (Å²) in [5.74, 6) is -1.85. The first-order valence-electron chi connectivity index (χ1n) is 8.75. The molecule has 0 radical (unpaired) electrons. The minimum absolute atomic E-state index is 0.0662. The molecule has 2 aliphatic carbocycles. The molecule has 0 amide bonds. The molecule has 0 saturated heterocycles. The Morgan fingerprint density at radius 2 is 2.08 bits per heavy atom. The van der Waals surface area contributed by atoms with Gasteiger partial charge in [0.15, 0.2) is 5.78 Å². The molecule has 1 aromatic rings. The topological polar surface area (TPSA) is 55.4 Å². The fourth-order valence-corrected chi connectivity index (χ4v) is 4.08. The lowest BCUT2D eigenvalue weighted by atomic mass is 9.77. The van der Waals surface area contributed by atoms with Crippen LogP contribution in [0, 0.1) is 5.82 Å². The summed E-state index contributed by atoms with van der Waals surface area (Å²) < 4.78 is 33.2. The van der Waals surface area contributed by atoms with Crippen LogP contribution >= 0.6 is 0 Å². The van der Waals surface area contributed by atoms with Crippen molar-refractivity contribution in [3.63, 3.8) is 0 Å². The van der Waals surface area contributed by atoms with Gasteiger partial charge < -0.3 is 10.1 Å². The number of ether oxygens (including phenoxy) is 1. The van der Waals surface area contributed by atoms with Crippen molar-refractivity contribution < 1.29 is 23.1 Å². The molecule has 4 nitrogen and oxygen atoms in total. The van der Waals surface area contributed by atoms with Gasteiger partial charge >= 0.3 is 5.97 Å². The number of allylic oxidation sites excluding steroid dienone is 3. The summed E-state index contributed by atoms with van der Waals surface area (Å²) >= 11 is 0. The first-order valence-corrected chi connectivity index (χ1v) is 8.75. The Labute approximate surface area is 149 Å². The van der Waals surface area contributed by atoms with E-state index >= 15 is 0 Å². The van der Waals surface area contributed by atoms with Crippen molar-refractivity contribution in [3.05, 3.63) is 57.7 Å². The Bertz CT molecular complexity index is 868. The Kier molecular flexibility index (Phi) is 4.13. The zero-order valence-electron chi connectivity index (χ0n) is 14.4. The number of carbonyl (C=O) groups excluding carboxylic acids is 2. The van der Waals surface area contributed by atoms with E-state index in [-0.39, 0.29) is 28.8 Å². The van der Waals surface area contributed by atoms with Gasteiger partial charge in [-0.2, -0.15) is 0 Å². The maximum Gasteiger partial charge on any atom is 0.336 e. The average molecular weight is 359 g/mol. The van der Waals surface area contributed by atoms with Gasteiger partial charge in [0.25, 0.3) is 0 Å². The van der Waals surface area contributed by atoms with Crippen molar-refractivity contribution in [1.29, 1.82) is 0 Å². The van der Waals surface area contributed by atoms with E-state index in [4.69, 9.17) is 4.74 Å². The molecule has 1 saturated carbocycles. The molecule has 0 unspecified atom stereocenters. The van der Waals surface area contributed by atoms with Gasteiger partial charge in [-0.15, -0.1) is 0 Å². The number of halogens is 2. The lowest BCUT2D eigenvalue weighted by Crippen LogP contribution is -2.31. The first kappa shape index (κ1) is 16.9. The second-order valence-corrected chi connectivity index (χ2v) is 6.91. The van der Waals surface area contributed by atoms with Gasteiger partial charge in [0, 0.05) is 23.6 Å². The number of methoxy groups -OCH3 is 1. The van der Waals surface area contributed by atoms with Crippen LogP contribution in [0.5, 0.6) is 0 Å². The van der Waals surface area contributed by atoms with Gasteiger partial charge in [-0.3, -0.25) is 4.79 Å². The zero-order chi connectivity index (χ0) is 18.4. The number of rotatable bonds is 4. The summed E-state index contributed by atoms with van der Waals surface area (Å²) in [7, 11) is 1.22. The SMILES string of the molecule is COC(=O)C1=C(CF)NC2=C(C(=O)CC2)[C@H]1c1cccc(F)c1C1CC1. The summed E-state index contributed by atoms with van der Waals surface area (Å²) in [6.07, 6.45) is 2.50. The first-order chi connectivity index (χ1) is 12.6. The monoisotopic (exact) mass is 359 g/mol. The van der Waals surface area contributed by atoms with E-state index in [2.05, 4.69) is 5.32 Å². The van der Waals surface area contributed by atoms with Crippen molar-refractivity contribution in [2.75, 3.05) is 13.8 Å². The van der Waals surface area contributed by atoms with E-state index in [1.54, 1.807) is 12.1 Å². The Hall–Kier alpha value is -2.50. The minimum Gasteiger partial charge on any atom is -0.466 e. The lowest BCUT2D eigenvalue weighted by molar-refractivity contribution is -0.136. The highest BCUT2D eigenvalue weighted by Crippen LogP contribution is 2.50. The van der Waals surface area contributed by atoms with Crippen LogP contribution in [0.3, 0.4) is 0 Å². The number of dihydropyridines is 1. The molecular formula is C20H19F2NO3. The molecule has 26 heavy (non-hydrogen) atoms. The van der Waals surface area contributed by atoms with Gasteiger partial charge in [0.05, 0.1) is 18.4 Å².